The van der Waals surface area contributed by atoms with Crippen LogP contribution in [0.1, 0.15) is 18.7 Å². The van der Waals surface area contributed by atoms with Crippen molar-refractivity contribution in [2.45, 2.75) is 31.5 Å². The Hall–Kier alpha value is -1.79. The largest absolute Gasteiger partial charge is 0.393 e. The first-order valence-corrected chi connectivity index (χ1v) is 6.07. The molecule has 6 nitrogen and oxygen atoms in total. The zero-order valence-corrected chi connectivity index (χ0v) is 9.90. The van der Waals surface area contributed by atoms with E-state index in [-0.39, 0.29) is 6.10 Å². The number of hydrogen-bond acceptors (Lipinski definition) is 5. The van der Waals surface area contributed by atoms with Gasteiger partial charge in [-0.2, -0.15) is 4.68 Å². The van der Waals surface area contributed by atoms with Gasteiger partial charge in [-0.3, -0.25) is 0 Å². The van der Waals surface area contributed by atoms with Crippen LogP contribution in [0, 0.1) is 0 Å². The van der Waals surface area contributed by atoms with Crippen LogP contribution in [0.5, 0.6) is 0 Å². The predicted octanol–water partition coefficient (Wildman–Crippen LogP) is 0.275. The topological polar surface area (TPSA) is 75.9 Å². The van der Waals surface area contributed by atoms with Crippen molar-refractivity contribution in [1.82, 2.24) is 25.5 Å². The molecule has 1 aliphatic carbocycles. The Morgan fingerprint density at radius 2 is 2.06 bits per heavy atom. The summed E-state index contributed by atoms with van der Waals surface area (Å²) in [5.41, 5.74) is 0.952. The molecule has 2 N–H and O–H groups in total. The quantitative estimate of drug-likeness (QED) is 0.809. The van der Waals surface area contributed by atoms with Gasteiger partial charge in [0.2, 0.25) is 0 Å². The third-order valence-electron chi connectivity index (χ3n) is 3.20. The molecule has 0 amide bonds. The maximum absolute atomic E-state index is 9.22. The minimum Gasteiger partial charge on any atom is -0.393 e. The third-order valence-corrected chi connectivity index (χ3v) is 3.20. The molecule has 18 heavy (non-hydrogen) atoms. The van der Waals surface area contributed by atoms with Gasteiger partial charge in [0.05, 0.1) is 18.3 Å². The molecule has 0 atom stereocenters. The fourth-order valence-electron chi connectivity index (χ4n) is 2.08. The molecular formula is C12H15N5O. The second-order valence-electron chi connectivity index (χ2n) is 4.55. The van der Waals surface area contributed by atoms with E-state index in [9.17, 15) is 5.11 Å². The number of aliphatic hydroxyl groups excluding tert-OH is 1. The van der Waals surface area contributed by atoms with E-state index in [1.165, 1.54) is 0 Å². The van der Waals surface area contributed by atoms with Gasteiger partial charge in [0.25, 0.3) is 0 Å². The van der Waals surface area contributed by atoms with Crippen molar-refractivity contribution < 1.29 is 5.11 Å². The Balaban J connectivity index is 1.68. The monoisotopic (exact) mass is 245 g/mol. The zero-order chi connectivity index (χ0) is 12.4. The Bertz CT molecular complexity index is 506. The molecule has 94 valence electrons. The molecule has 2 aromatic rings. The molecule has 1 aliphatic rings. The summed E-state index contributed by atoms with van der Waals surface area (Å²) in [5, 5.41) is 24.3. The number of hydrogen-bond donors (Lipinski definition) is 2. The molecule has 0 bridgehead atoms. The first-order valence-electron chi connectivity index (χ1n) is 6.07. The van der Waals surface area contributed by atoms with E-state index >= 15 is 0 Å². The molecule has 1 heterocycles. The van der Waals surface area contributed by atoms with Crippen molar-refractivity contribution in [3.63, 3.8) is 0 Å². The van der Waals surface area contributed by atoms with Crippen LogP contribution >= 0.6 is 0 Å². The number of benzene rings is 1. The van der Waals surface area contributed by atoms with E-state index in [4.69, 9.17) is 0 Å². The summed E-state index contributed by atoms with van der Waals surface area (Å²) in [4.78, 5) is 0. The Labute approximate surface area is 105 Å². The van der Waals surface area contributed by atoms with Crippen LogP contribution in [0.3, 0.4) is 0 Å². The van der Waals surface area contributed by atoms with Gasteiger partial charge in [-0.15, -0.1) is 5.10 Å². The Morgan fingerprint density at radius 3 is 2.78 bits per heavy atom. The average Bonchev–Trinajstić information content (AvgIpc) is 2.82. The molecule has 1 fully saturated rings. The van der Waals surface area contributed by atoms with E-state index in [0.29, 0.717) is 12.6 Å². The summed E-state index contributed by atoms with van der Waals surface area (Å²) < 4.78 is 1.72. The minimum atomic E-state index is -0.146. The maximum Gasteiger partial charge on any atom is 0.170 e. The minimum absolute atomic E-state index is 0.146. The van der Waals surface area contributed by atoms with E-state index in [0.717, 1.165) is 24.4 Å². The standard InChI is InChI=1S/C12H15N5O/c18-11-6-9(7-11)13-8-12-14-15-16-17(12)10-4-2-1-3-5-10/h1-5,9,11,13,18H,6-8H2. The first kappa shape index (κ1) is 11.3. The number of tetrazole rings is 1. The van der Waals surface area contributed by atoms with E-state index < -0.39 is 0 Å². The van der Waals surface area contributed by atoms with Crippen molar-refractivity contribution >= 4 is 0 Å². The number of para-hydroxylation sites is 1. The molecule has 0 spiro atoms. The second-order valence-corrected chi connectivity index (χ2v) is 4.55. The molecule has 3 rings (SSSR count). The smallest absolute Gasteiger partial charge is 0.170 e. The lowest BCUT2D eigenvalue weighted by Gasteiger charge is -2.31. The SMILES string of the molecule is OC1CC(NCc2nnnn2-c2ccccc2)C1. The van der Waals surface area contributed by atoms with Crippen LogP contribution in [0.25, 0.3) is 5.69 Å². The van der Waals surface area contributed by atoms with Crippen molar-refractivity contribution in [2.75, 3.05) is 0 Å². The molecule has 0 aliphatic heterocycles. The van der Waals surface area contributed by atoms with Crippen molar-refractivity contribution in [3.8, 4) is 5.69 Å². The normalized spacial score (nSPS) is 22.7. The molecule has 0 radical (unpaired) electrons. The molecule has 1 aromatic carbocycles. The summed E-state index contributed by atoms with van der Waals surface area (Å²) in [6.45, 7) is 0.610. The van der Waals surface area contributed by atoms with Crippen molar-refractivity contribution in [3.05, 3.63) is 36.2 Å². The number of rotatable bonds is 4. The summed E-state index contributed by atoms with van der Waals surface area (Å²) in [6, 6.07) is 10.2. The average molecular weight is 245 g/mol. The van der Waals surface area contributed by atoms with Crippen LogP contribution < -0.4 is 5.32 Å². The molecule has 0 unspecified atom stereocenters. The van der Waals surface area contributed by atoms with Gasteiger partial charge in [-0.1, -0.05) is 18.2 Å². The highest BCUT2D eigenvalue weighted by Gasteiger charge is 2.26. The lowest BCUT2D eigenvalue weighted by molar-refractivity contribution is 0.0616. The van der Waals surface area contributed by atoms with Crippen molar-refractivity contribution in [1.29, 1.82) is 0 Å². The zero-order valence-electron chi connectivity index (χ0n) is 9.90. The highest BCUT2D eigenvalue weighted by Crippen LogP contribution is 2.19. The van der Waals surface area contributed by atoms with Gasteiger partial charge in [0, 0.05) is 6.04 Å². The lowest BCUT2D eigenvalue weighted by atomic mass is 9.89. The van der Waals surface area contributed by atoms with Crippen LogP contribution in [0.15, 0.2) is 30.3 Å². The van der Waals surface area contributed by atoms with Crippen LogP contribution in [-0.2, 0) is 6.54 Å². The molecule has 1 saturated carbocycles. The van der Waals surface area contributed by atoms with E-state index in [2.05, 4.69) is 20.8 Å². The van der Waals surface area contributed by atoms with Crippen molar-refractivity contribution in [2.24, 2.45) is 0 Å². The van der Waals surface area contributed by atoms with Crippen LogP contribution in [-0.4, -0.2) is 37.5 Å². The molecule has 0 saturated heterocycles. The highest BCUT2D eigenvalue weighted by molar-refractivity contribution is 5.30. The van der Waals surface area contributed by atoms with Gasteiger partial charge < -0.3 is 10.4 Å². The van der Waals surface area contributed by atoms with Crippen LogP contribution in [0.2, 0.25) is 0 Å². The maximum atomic E-state index is 9.22. The number of nitrogens with one attached hydrogen (secondary N) is 1. The fraction of sp³-hybridized carbons (Fsp3) is 0.417. The van der Waals surface area contributed by atoms with Gasteiger partial charge in [0.15, 0.2) is 5.82 Å². The number of aliphatic hydroxyl groups is 1. The van der Waals surface area contributed by atoms with E-state index in [1.54, 1.807) is 4.68 Å². The molecule has 6 heteroatoms. The van der Waals surface area contributed by atoms with Gasteiger partial charge >= 0.3 is 0 Å². The number of nitrogens with zero attached hydrogens (tertiary/aromatic N) is 4. The van der Waals surface area contributed by atoms with Crippen LogP contribution in [0.4, 0.5) is 0 Å². The highest BCUT2D eigenvalue weighted by atomic mass is 16.3. The molecular weight excluding hydrogens is 230 g/mol. The molecule has 1 aromatic heterocycles. The lowest BCUT2D eigenvalue weighted by Crippen LogP contribution is -2.44. The van der Waals surface area contributed by atoms with E-state index in [1.807, 2.05) is 30.3 Å². The third kappa shape index (κ3) is 2.25. The Kier molecular flexibility index (Phi) is 3.04. The number of aromatic nitrogens is 4. The summed E-state index contributed by atoms with van der Waals surface area (Å²) in [7, 11) is 0. The predicted molar refractivity (Wildman–Crippen MR) is 65.0 cm³/mol. The first-order chi connectivity index (χ1) is 8.83. The summed E-state index contributed by atoms with van der Waals surface area (Å²) >= 11 is 0. The summed E-state index contributed by atoms with van der Waals surface area (Å²) in [5.74, 6) is 0.780. The fourth-order valence-corrected chi connectivity index (χ4v) is 2.08. The summed E-state index contributed by atoms with van der Waals surface area (Å²) in [6.07, 6.45) is 1.48. The van der Waals surface area contributed by atoms with Gasteiger partial charge in [-0.05, 0) is 35.4 Å². The van der Waals surface area contributed by atoms with Gasteiger partial charge in [-0.25, -0.2) is 0 Å². The second kappa shape index (κ2) is 4.83. The Morgan fingerprint density at radius 1 is 1.28 bits per heavy atom. The van der Waals surface area contributed by atoms with Gasteiger partial charge in [0.1, 0.15) is 0 Å².